The lowest BCUT2D eigenvalue weighted by Crippen LogP contribution is -2.49. The molecule has 30 heavy (non-hydrogen) atoms. The standard InChI is InChI=1S/C19H20ClF3N4O2S/c1-26(2)13-6-10-8-27(9-11(10)13)14-7-12(21)19(18(23)17(14)20)30(28,29)25-16-5-3-4-15(22)24-16/h3-5,7,10-11,13H,6,8-9H2,1-2H3,(H,24,25). The fourth-order valence-corrected chi connectivity index (χ4v) is 5.83. The van der Waals surface area contributed by atoms with Crippen molar-refractivity contribution >= 4 is 33.1 Å². The summed E-state index contributed by atoms with van der Waals surface area (Å²) in [6, 6.07) is 4.72. The van der Waals surface area contributed by atoms with E-state index in [0.717, 1.165) is 24.6 Å². The second-order valence-corrected chi connectivity index (χ2v) is 9.88. The number of halogens is 4. The highest BCUT2D eigenvalue weighted by Gasteiger charge is 2.48. The molecule has 1 aromatic heterocycles. The number of pyridine rings is 1. The third-order valence-corrected chi connectivity index (χ3v) is 7.60. The van der Waals surface area contributed by atoms with Crippen molar-refractivity contribution in [2.75, 3.05) is 36.8 Å². The van der Waals surface area contributed by atoms with Gasteiger partial charge in [0.1, 0.15) is 16.7 Å². The quantitative estimate of drug-likeness (QED) is 0.547. The Morgan fingerprint density at radius 1 is 1.23 bits per heavy atom. The predicted molar refractivity (Wildman–Crippen MR) is 108 cm³/mol. The summed E-state index contributed by atoms with van der Waals surface area (Å²) < 4.78 is 69.9. The molecule has 2 heterocycles. The topological polar surface area (TPSA) is 65.5 Å². The summed E-state index contributed by atoms with van der Waals surface area (Å²) in [6.45, 7) is 1.19. The molecule has 0 bridgehead atoms. The lowest BCUT2D eigenvalue weighted by atomic mass is 9.71. The zero-order chi connectivity index (χ0) is 21.8. The van der Waals surface area contributed by atoms with Crippen LogP contribution < -0.4 is 9.62 Å². The monoisotopic (exact) mass is 460 g/mol. The molecule has 1 saturated heterocycles. The first-order valence-electron chi connectivity index (χ1n) is 9.32. The van der Waals surface area contributed by atoms with Gasteiger partial charge in [-0.25, -0.2) is 22.2 Å². The molecule has 0 radical (unpaired) electrons. The summed E-state index contributed by atoms with van der Waals surface area (Å²) in [5, 5.41) is -0.466. The number of aromatic nitrogens is 1. The van der Waals surface area contributed by atoms with Crippen molar-refractivity contribution in [1.82, 2.24) is 9.88 Å². The molecule has 162 valence electrons. The van der Waals surface area contributed by atoms with E-state index in [2.05, 4.69) is 9.88 Å². The summed E-state index contributed by atoms with van der Waals surface area (Å²) in [5.74, 6) is -3.24. The smallest absolute Gasteiger partial charge is 0.268 e. The second-order valence-electron chi connectivity index (χ2n) is 7.88. The largest absolute Gasteiger partial charge is 0.370 e. The lowest BCUT2D eigenvalue weighted by molar-refractivity contribution is 0.0703. The van der Waals surface area contributed by atoms with Crippen LogP contribution in [0.5, 0.6) is 0 Å². The van der Waals surface area contributed by atoms with E-state index in [-0.39, 0.29) is 5.69 Å². The van der Waals surface area contributed by atoms with Crippen LogP contribution in [0.1, 0.15) is 6.42 Å². The van der Waals surface area contributed by atoms with Crippen LogP contribution in [0.25, 0.3) is 0 Å². The van der Waals surface area contributed by atoms with Gasteiger partial charge in [0.15, 0.2) is 10.7 Å². The van der Waals surface area contributed by atoms with Crippen molar-refractivity contribution in [3.05, 3.63) is 46.9 Å². The van der Waals surface area contributed by atoms with Gasteiger partial charge in [-0.1, -0.05) is 17.7 Å². The minimum absolute atomic E-state index is 0.126. The minimum atomic E-state index is -4.72. The zero-order valence-corrected chi connectivity index (χ0v) is 17.8. The summed E-state index contributed by atoms with van der Waals surface area (Å²) in [4.78, 5) is 6.05. The van der Waals surface area contributed by atoms with E-state index in [4.69, 9.17) is 11.6 Å². The van der Waals surface area contributed by atoms with Crippen molar-refractivity contribution in [2.45, 2.75) is 17.4 Å². The second kappa shape index (κ2) is 7.58. The number of rotatable bonds is 5. The Morgan fingerprint density at radius 3 is 2.63 bits per heavy atom. The number of hydrogen-bond acceptors (Lipinski definition) is 5. The molecule has 2 aliphatic rings. The van der Waals surface area contributed by atoms with Crippen molar-refractivity contribution < 1.29 is 21.6 Å². The SMILES string of the molecule is CN(C)C1CC2CN(c3cc(F)c(S(=O)(=O)Nc4cccc(F)n4)c(F)c3Cl)CC21. The zero-order valence-electron chi connectivity index (χ0n) is 16.2. The molecule has 3 unspecified atom stereocenters. The van der Waals surface area contributed by atoms with Crippen LogP contribution in [0, 0.1) is 29.4 Å². The molecule has 2 fully saturated rings. The number of fused-ring (bicyclic) bond motifs is 1. The van der Waals surface area contributed by atoms with E-state index in [9.17, 15) is 21.6 Å². The van der Waals surface area contributed by atoms with Crippen molar-refractivity contribution in [3.63, 3.8) is 0 Å². The Morgan fingerprint density at radius 2 is 1.97 bits per heavy atom. The fourth-order valence-electron chi connectivity index (χ4n) is 4.36. The maximum atomic E-state index is 14.9. The van der Waals surface area contributed by atoms with E-state index < -0.39 is 43.3 Å². The average molecular weight is 461 g/mol. The van der Waals surface area contributed by atoms with Gasteiger partial charge in [0.25, 0.3) is 10.0 Å². The maximum Gasteiger partial charge on any atom is 0.268 e. The average Bonchev–Trinajstić information content (AvgIpc) is 2.94. The Balaban J connectivity index is 1.64. The number of nitrogens with zero attached hydrogens (tertiary/aromatic N) is 3. The molecule has 1 aliphatic heterocycles. The third-order valence-electron chi connectivity index (χ3n) is 5.85. The van der Waals surface area contributed by atoms with Crippen molar-refractivity contribution in [1.29, 1.82) is 0 Å². The molecule has 11 heteroatoms. The highest BCUT2D eigenvalue weighted by molar-refractivity contribution is 7.92. The Kier molecular flexibility index (Phi) is 5.36. The van der Waals surface area contributed by atoms with E-state index in [1.165, 1.54) is 6.07 Å². The van der Waals surface area contributed by atoms with E-state index in [0.29, 0.717) is 31.0 Å². The van der Waals surface area contributed by atoms with Gasteiger partial charge < -0.3 is 9.80 Å². The third kappa shape index (κ3) is 3.61. The first kappa shape index (κ1) is 21.2. The van der Waals surface area contributed by atoms with Gasteiger partial charge in [-0.3, -0.25) is 4.72 Å². The molecule has 1 saturated carbocycles. The van der Waals surface area contributed by atoms with Crippen LogP contribution in [-0.2, 0) is 10.0 Å². The maximum absolute atomic E-state index is 14.9. The Hall–Kier alpha value is -2.04. The van der Waals surface area contributed by atoms with Gasteiger partial charge >= 0.3 is 0 Å². The Bertz CT molecular complexity index is 1100. The highest BCUT2D eigenvalue weighted by atomic mass is 35.5. The number of sulfonamides is 1. The molecule has 3 atom stereocenters. The molecule has 1 aliphatic carbocycles. The van der Waals surface area contributed by atoms with Crippen LogP contribution in [0.2, 0.25) is 5.02 Å². The van der Waals surface area contributed by atoms with E-state index in [1.54, 1.807) is 4.90 Å². The molecular formula is C19H20ClF3N4O2S. The summed E-state index contributed by atoms with van der Waals surface area (Å²) in [7, 11) is -0.730. The molecule has 1 aromatic carbocycles. The normalized spacial score (nSPS) is 23.4. The molecule has 6 nitrogen and oxygen atoms in total. The Labute approximate surface area is 177 Å². The first-order valence-corrected chi connectivity index (χ1v) is 11.2. The van der Waals surface area contributed by atoms with Gasteiger partial charge in [0.05, 0.1) is 5.69 Å². The molecule has 2 aromatic rings. The van der Waals surface area contributed by atoms with Gasteiger partial charge in [-0.05, 0) is 44.5 Å². The molecular weight excluding hydrogens is 441 g/mol. The van der Waals surface area contributed by atoms with Crippen LogP contribution >= 0.6 is 11.6 Å². The highest BCUT2D eigenvalue weighted by Crippen LogP contribution is 2.46. The molecule has 0 spiro atoms. The van der Waals surface area contributed by atoms with Crippen molar-refractivity contribution in [2.24, 2.45) is 11.8 Å². The van der Waals surface area contributed by atoms with E-state index in [1.807, 2.05) is 18.8 Å². The molecule has 0 amide bonds. The van der Waals surface area contributed by atoms with Gasteiger partial charge in [-0.2, -0.15) is 4.39 Å². The van der Waals surface area contributed by atoms with E-state index >= 15 is 0 Å². The minimum Gasteiger partial charge on any atom is -0.370 e. The summed E-state index contributed by atoms with van der Waals surface area (Å²) in [6.07, 6.45) is 0.994. The van der Waals surface area contributed by atoms with Gasteiger partial charge in [0.2, 0.25) is 5.95 Å². The summed E-state index contributed by atoms with van der Waals surface area (Å²) in [5.41, 5.74) is 0.126. The number of nitrogens with one attached hydrogen (secondary N) is 1. The molecule has 1 N–H and O–H groups in total. The van der Waals surface area contributed by atoms with Gasteiger partial charge in [0, 0.05) is 25.2 Å². The molecule has 4 rings (SSSR count). The lowest BCUT2D eigenvalue weighted by Gasteiger charge is -2.43. The van der Waals surface area contributed by atoms with Crippen LogP contribution in [0.4, 0.5) is 24.7 Å². The number of benzene rings is 1. The number of hydrogen-bond donors (Lipinski definition) is 1. The van der Waals surface area contributed by atoms with Crippen molar-refractivity contribution in [3.8, 4) is 0 Å². The van der Waals surface area contributed by atoms with Crippen LogP contribution in [0.3, 0.4) is 0 Å². The summed E-state index contributed by atoms with van der Waals surface area (Å²) >= 11 is 6.14. The van der Waals surface area contributed by atoms with Gasteiger partial charge in [-0.15, -0.1) is 0 Å². The van der Waals surface area contributed by atoms with Crippen LogP contribution in [0.15, 0.2) is 29.2 Å². The fraction of sp³-hybridized carbons (Fsp3) is 0.421. The predicted octanol–water partition coefficient (Wildman–Crippen LogP) is 3.34. The van der Waals surface area contributed by atoms with Crippen LogP contribution in [-0.4, -0.2) is 51.5 Å². The first-order chi connectivity index (χ1) is 14.1. The number of anilines is 2.